The van der Waals surface area contributed by atoms with Crippen LogP contribution in [0.2, 0.25) is 0 Å². The van der Waals surface area contributed by atoms with Crippen molar-refractivity contribution in [3.8, 4) is 6.07 Å². The molecule has 5 nitrogen and oxygen atoms in total. The minimum Gasteiger partial charge on any atom is -0.366 e. The fraction of sp³-hybridized carbons (Fsp3) is 0.105. The Bertz CT molecular complexity index is 865. The molecule has 0 radical (unpaired) electrons. The first-order chi connectivity index (χ1) is 11.7. The van der Waals surface area contributed by atoms with Gasteiger partial charge < -0.3 is 10.6 Å². The maximum absolute atomic E-state index is 8.82. The lowest BCUT2D eigenvalue weighted by Crippen LogP contribution is -2.05. The molecule has 2 aromatic carbocycles. The molecule has 0 aliphatic rings. The van der Waals surface area contributed by atoms with Crippen LogP contribution >= 0.6 is 0 Å². The molecular formula is C19H17N5. The number of rotatable bonds is 5. The zero-order valence-corrected chi connectivity index (χ0v) is 13.3. The van der Waals surface area contributed by atoms with Gasteiger partial charge in [-0.25, -0.2) is 4.98 Å². The molecule has 0 unspecified atom stereocenters. The van der Waals surface area contributed by atoms with Crippen LogP contribution in [-0.4, -0.2) is 9.97 Å². The van der Waals surface area contributed by atoms with Crippen molar-refractivity contribution in [3.63, 3.8) is 0 Å². The monoisotopic (exact) mass is 315 g/mol. The van der Waals surface area contributed by atoms with Crippen LogP contribution in [0.4, 0.5) is 17.5 Å². The second kappa shape index (κ2) is 7.25. The Balaban J connectivity index is 1.67. The Morgan fingerprint density at radius 1 is 1.04 bits per heavy atom. The van der Waals surface area contributed by atoms with Gasteiger partial charge in [-0.2, -0.15) is 10.2 Å². The van der Waals surface area contributed by atoms with Gasteiger partial charge in [-0.05, 0) is 48.4 Å². The molecule has 3 aromatic rings. The molecule has 0 aliphatic heterocycles. The van der Waals surface area contributed by atoms with Crippen molar-refractivity contribution in [2.45, 2.75) is 13.5 Å². The molecule has 5 heteroatoms. The van der Waals surface area contributed by atoms with Gasteiger partial charge in [-0.1, -0.05) is 24.3 Å². The summed E-state index contributed by atoms with van der Waals surface area (Å²) in [5.74, 6) is 1.26. The third-order valence-corrected chi connectivity index (χ3v) is 3.65. The number of nitrogens with zero attached hydrogens (tertiary/aromatic N) is 3. The van der Waals surface area contributed by atoms with Gasteiger partial charge in [0.1, 0.15) is 5.82 Å². The van der Waals surface area contributed by atoms with E-state index in [0.29, 0.717) is 18.1 Å². The van der Waals surface area contributed by atoms with Gasteiger partial charge in [0.05, 0.1) is 11.6 Å². The van der Waals surface area contributed by atoms with Crippen molar-refractivity contribution in [2.75, 3.05) is 10.6 Å². The van der Waals surface area contributed by atoms with E-state index in [1.807, 2.05) is 30.3 Å². The third-order valence-electron chi connectivity index (χ3n) is 3.65. The molecule has 2 N–H and O–H groups in total. The Morgan fingerprint density at radius 3 is 2.58 bits per heavy atom. The van der Waals surface area contributed by atoms with E-state index in [9.17, 15) is 0 Å². The largest absolute Gasteiger partial charge is 0.366 e. The summed E-state index contributed by atoms with van der Waals surface area (Å²) in [5.41, 5.74) is 3.94. The normalized spacial score (nSPS) is 10.0. The van der Waals surface area contributed by atoms with E-state index in [-0.39, 0.29) is 0 Å². The molecule has 0 saturated heterocycles. The van der Waals surface area contributed by atoms with Crippen molar-refractivity contribution in [2.24, 2.45) is 0 Å². The number of nitriles is 1. The summed E-state index contributed by atoms with van der Waals surface area (Å²) in [5, 5.41) is 15.3. The SMILES string of the molecule is Cc1ccccc1CNc1ccnc(Nc2ccc(C#N)cc2)n1. The molecular weight excluding hydrogens is 298 g/mol. The Kier molecular flexibility index (Phi) is 4.68. The zero-order valence-electron chi connectivity index (χ0n) is 13.3. The fourth-order valence-corrected chi connectivity index (χ4v) is 2.27. The van der Waals surface area contributed by atoms with E-state index in [1.165, 1.54) is 11.1 Å². The molecule has 1 aromatic heterocycles. The van der Waals surface area contributed by atoms with Gasteiger partial charge in [-0.15, -0.1) is 0 Å². The first-order valence-electron chi connectivity index (χ1n) is 7.63. The number of nitrogens with one attached hydrogen (secondary N) is 2. The summed E-state index contributed by atoms with van der Waals surface area (Å²) in [6.07, 6.45) is 1.71. The highest BCUT2D eigenvalue weighted by Gasteiger charge is 2.02. The number of anilines is 3. The highest BCUT2D eigenvalue weighted by molar-refractivity contribution is 5.56. The van der Waals surface area contributed by atoms with E-state index >= 15 is 0 Å². The molecule has 0 saturated carbocycles. The maximum Gasteiger partial charge on any atom is 0.229 e. The minimum atomic E-state index is 0.509. The molecule has 3 rings (SSSR count). The van der Waals surface area contributed by atoms with E-state index in [0.717, 1.165) is 11.5 Å². The van der Waals surface area contributed by atoms with Gasteiger partial charge >= 0.3 is 0 Å². The van der Waals surface area contributed by atoms with Crippen LogP contribution in [0.1, 0.15) is 16.7 Å². The fourth-order valence-electron chi connectivity index (χ4n) is 2.27. The molecule has 0 fully saturated rings. The zero-order chi connectivity index (χ0) is 16.8. The lowest BCUT2D eigenvalue weighted by Gasteiger charge is -2.10. The number of hydrogen-bond acceptors (Lipinski definition) is 5. The van der Waals surface area contributed by atoms with Crippen molar-refractivity contribution in [3.05, 3.63) is 77.5 Å². The van der Waals surface area contributed by atoms with Crippen molar-refractivity contribution in [1.29, 1.82) is 5.26 Å². The maximum atomic E-state index is 8.82. The van der Waals surface area contributed by atoms with E-state index in [1.54, 1.807) is 18.3 Å². The van der Waals surface area contributed by atoms with Crippen LogP contribution in [0, 0.1) is 18.3 Å². The molecule has 1 heterocycles. The van der Waals surface area contributed by atoms with Crippen LogP contribution in [0.25, 0.3) is 0 Å². The lowest BCUT2D eigenvalue weighted by molar-refractivity contribution is 1.07. The second-order valence-electron chi connectivity index (χ2n) is 5.36. The third kappa shape index (κ3) is 3.87. The second-order valence-corrected chi connectivity index (χ2v) is 5.36. The van der Waals surface area contributed by atoms with Crippen molar-refractivity contribution >= 4 is 17.5 Å². The van der Waals surface area contributed by atoms with Crippen LogP contribution in [0.15, 0.2) is 60.8 Å². The van der Waals surface area contributed by atoms with E-state index in [4.69, 9.17) is 5.26 Å². The Hall–Kier alpha value is -3.39. The first-order valence-corrected chi connectivity index (χ1v) is 7.63. The van der Waals surface area contributed by atoms with Crippen LogP contribution in [-0.2, 0) is 6.54 Å². The molecule has 0 aliphatic carbocycles. The standard InChI is InChI=1S/C19H17N5/c1-14-4-2-3-5-16(14)13-22-18-10-11-21-19(24-18)23-17-8-6-15(12-20)7-9-17/h2-11H,13H2,1H3,(H2,21,22,23,24). The highest BCUT2D eigenvalue weighted by Crippen LogP contribution is 2.16. The average molecular weight is 315 g/mol. The van der Waals surface area contributed by atoms with E-state index in [2.05, 4.69) is 45.7 Å². The van der Waals surface area contributed by atoms with Gasteiger partial charge in [0.25, 0.3) is 0 Å². The molecule has 24 heavy (non-hydrogen) atoms. The topological polar surface area (TPSA) is 73.6 Å². The number of hydrogen-bond donors (Lipinski definition) is 2. The lowest BCUT2D eigenvalue weighted by atomic mass is 10.1. The van der Waals surface area contributed by atoms with Crippen molar-refractivity contribution < 1.29 is 0 Å². The van der Waals surface area contributed by atoms with Gasteiger partial charge in [-0.3, -0.25) is 0 Å². The summed E-state index contributed by atoms with van der Waals surface area (Å²) in [7, 11) is 0. The summed E-state index contributed by atoms with van der Waals surface area (Å²) in [4.78, 5) is 8.68. The van der Waals surface area contributed by atoms with Crippen LogP contribution in [0.3, 0.4) is 0 Å². The van der Waals surface area contributed by atoms with Gasteiger partial charge in [0, 0.05) is 18.4 Å². The molecule has 118 valence electrons. The summed E-state index contributed by atoms with van der Waals surface area (Å²) in [6.45, 7) is 2.80. The molecule has 0 spiro atoms. The number of aromatic nitrogens is 2. The average Bonchev–Trinajstić information content (AvgIpc) is 2.62. The van der Waals surface area contributed by atoms with Crippen LogP contribution in [0.5, 0.6) is 0 Å². The number of aryl methyl sites for hydroxylation is 1. The van der Waals surface area contributed by atoms with Crippen molar-refractivity contribution in [1.82, 2.24) is 9.97 Å². The van der Waals surface area contributed by atoms with E-state index < -0.39 is 0 Å². The number of benzene rings is 2. The summed E-state index contributed by atoms with van der Waals surface area (Å²) in [6, 6.07) is 19.3. The van der Waals surface area contributed by atoms with Gasteiger partial charge in [0.15, 0.2) is 0 Å². The smallest absolute Gasteiger partial charge is 0.229 e. The summed E-state index contributed by atoms with van der Waals surface area (Å²) < 4.78 is 0. The molecule has 0 atom stereocenters. The predicted molar refractivity (Wildman–Crippen MR) is 95.0 cm³/mol. The molecule has 0 bridgehead atoms. The quantitative estimate of drug-likeness (QED) is 0.744. The predicted octanol–water partition coefficient (Wildman–Crippen LogP) is 4.01. The van der Waals surface area contributed by atoms with Gasteiger partial charge in [0.2, 0.25) is 5.95 Å². The highest BCUT2D eigenvalue weighted by atomic mass is 15.1. The van der Waals surface area contributed by atoms with Crippen LogP contribution < -0.4 is 10.6 Å². The Morgan fingerprint density at radius 2 is 1.83 bits per heavy atom. The summed E-state index contributed by atoms with van der Waals surface area (Å²) >= 11 is 0. The molecule has 0 amide bonds. The minimum absolute atomic E-state index is 0.509. The first kappa shape index (κ1) is 15.5. The Labute approximate surface area is 141 Å².